The summed E-state index contributed by atoms with van der Waals surface area (Å²) in [6.07, 6.45) is -0.134. The summed E-state index contributed by atoms with van der Waals surface area (Å²) in [5.74, 6) is 0.196. The molecule has 0 bridgehead atoms. The van der Waals surface area contributed by atoms with E-state index >= 15 is 0 Å². The third-order valence-electron chi connectivity index (χ3n) is 3.25. The zero-order valence-electron chi connectivity index (χ0n) is 12.4. The van der Waals surface area contributed by atoms with Gasteiger partial charge in [0.15, 0.2) is 11.5 Å². The van der Waals surface area contributed by atoms with Crippen molar-refractivity contribution in [2.24, 2.45) is 5.73 Å². The van der Waals surface area contributed by atoms with E-state index in [1.807, 2.05) is 30.3 Å². The molecule has 2 aromatic carbocycles. The Morgan fingerprint density at radius 1 is 1.18 bits per heavy atom. The lowest BCUT2D eigenvalue weighted by Gasteiger charge is -2.15. The van der Waals surface area contributed by atoms with Gasteiger partial charge in [-0.15, -0.1) is 0 Å². The molecule has 0 unspecified atom stereocenters. The van der Waals surface area contributed by atoms with Gasteiger partial charge in [-0.2, -0.15) is 0 Å². The fourth-order valence-corrected chi connectivity index (χ4v) is 2.08. The molecule has 3 N–H and O–H groups in total. The number of hydrogen-bond donors (Lipinski definition) is 2. The van der Waals surface area contributed by atoms with Crippen molar-refractivity contribution in [1.29, 1.82) is 0 Å². The van der Waals surface area contributed by atoms with Crippen LogP contribution in [0.4, 0.5) is 0 Å². The van der Waals surface area contributed by atoms with Crippen molar-refractivity contribution in [2.45, 2.75) is 19.1 Å². The van der Waals surface area contributed by atoms with E-state index in [0.717, 1.165) is 5.56 Å². The van der Waals surface area contributed by atoms with Gasteiger partial charge in [0.05, 0.1) is 13.5 Å². The Balaban J connectivity index is 2.15. The second kappa shape index (κ2) is 7.47. The summed E-state index contributed by atoms with van der Waals surface area (Å²) in [6.45, 7) is 0.398. The molecule has 0 spiro atoms. The second-order valence-electron chi connectivity index (χ2n) is 4.89. The zero-order valence-corrected chi connectivity index (χ0v) is 12.4. The van der Waals surface area contributed by atoms with Gasteiger partial charge >= 0.3 is 5.97 Å². The van der Waals surface area contributed by atoms with E-state index in [0.29, 0.717) is 23.7 Å². The van der Waals surface area contributed by atoms with Gasteiger partial charge in [0.1, 0.15) is 6.61 Å². The molecular formula is C17H19NO4. The lowest BCUT2D eigenvalue weighted by Crippen LogP contribution is -2.15. The first-order chi connectivity index (χ1) is 10.6. The van der Waals surface area contributed by atoms with Gasteiger partial charge in [0, 0.05) is 6.04 Å². The van der Waals surface area contributed by atoms with Crippen LogP contribution in [0.15, 0.2) is 48.5 Å². The van der Waals surface area contributed by atoms with Crippen LogP contribution >= 0.6 is 0 Å². The van der Waals surface area contributed by atoms with Gasteiger partial charge < -0.3 is 20.3 Å². The Kier molecular flexibility index (Phi) is 5.38. The predicted molar refractivity (Wildman–Crippen MR) is 82.9 cm³/mol. The summed E-state index contributed by atoms with van der Waals surface area (Å²) in [4.78, 5) is 10.8. The van der Waals surface area contributed by atoms with E-state index < -0.39 is 12.0 Å². The molecule has 0 fully saturated rings. The van der Waals surface area contributed by atoms with Crippen molar-refractivity contribution in [3.8, 4) is 11.5 Å². The number of hydrogen-bond acceptors (Lipinski definition) is 4. The molecule has 0 aliphatic rings. The highest BCUT2D eigenvalue weighted by Crippen LogP contribution is 2.31. The standard InChI is InChI=1S/C17H19NO4/c1-21-15-8-7-13(14(18)10-17(19)20)9-16(15)22-11-12-5-3-2-4-6-12/h2-9,14H,10-11,18H2,1H3,(H,19,20)/t14-/m0/s1. The minimum atomic E-state index is -0.935. The Hall–Kier alpha value is -2.53. The summed E-state index contributed by atoms with van der Waals surface area (Å²) in [6, 6.07) is 14.4. The van der Waals surface area contributed by atoms with E-state index in [1.165, 1.54) is 0 Å². The van der Waals surface area contributed by atoms with Crippen LogP contribution in [0.3, 0.4) is 0 Å². The van der Waals surface area contributed by atoms with E-state index in [1.54, 1.807) is 25.3 Å². The molecule has 5 nitrogen and oxygen atoms in total. The first-order valence-corrected chi connectivity index (χ1v) is 6.92. The normalized spacial score (nSPS) is 11.7. The van der Waals surface area contributed by atoms with Crippen LogP contribution in [0.2, 0.25) is 0 Å². The minimum absolute atomic E-state index is 0.134. The Labute approximate surface area is 129 Å². The average molecular weight is 301 g/mol. The van der Waals surface area contributed by atoms with Crippen LogP contribution in [0.5, 0.6) is 11.5 Å². The van der Waals surface area contributed by atoms with Crippen LogP contribution in [0.1, 0.15) is 23.6 Å². The third kappa shape index (κ3) is 4.23. The molecule has 0 radical (unpaired) electrons. The maximum Gasteiger partial charge on any atom is 0.305 e. The molecule has 2 rings (SSSR count). The van der Waals surface area contributed by atoms with E-state index in [4.69, 9.17) is 20.3 Å². The largest absolute Gasteiger partial charge is 0.493 e. The predicted octanol–water partition coefficient (Wildman–Crippen LogP) is 2.75. The fourth-order valence-electron chi connectivity index (χ4n) is 2.08. The number of nitrogens with two attached hydrogens (primary N) is 1. The third-order valence-corrected chi connectivity index (χ3v) is 3.25. The number of methoxy groups -OCH3 is 1. The SMILES string of the molecule is COc1ccc([C@@H](N)CC(=O)O)cc1OCc1ccccc1. The topological polar surface area (TPSA) is 81.8 Å². The summed E-state index contributed by atoms with van der Waals surface area (Å²) >= 11 is 0. The first-order valence-electron chi connectivity index (χ1n) is 6.92. The van der Waals surface area contributed by atoms with Gasteiger partial charge in [-0.05, 0) is 23.3 Å². The first kappa shape index (κ1) is 15.9. The molecule has 1 atom stereocenters. The highest BCUT2D eigenvalue weighted by Gasteiger charge is 2.14. The zero-order chi connectivity index (χ0) is 15.9. The van der Waals surface area contributed by atoms with Crippen LogP contribution in [-0.2, 0) is 11.4 Å². The number of benzene rings is 2. The smallest absolute Gasteiger partial charge is 0.305 e. The Morgan fingerprint density at radius 2 is 1.91 bits per heavy atom. The molecule has 0 amide bonds. The van der Waals surface area contributed by atoms with Crippen molar-refractivity contribution in [3.63, 3.8) is 0 Å². The monoisotopic (exact) mass is 301 g/mol. The summed E-state index contributed by atoms with van der Waals surface area (Å²) < 4.78 is 11.0. The van der Waals surface area contributed by atoms with Crippen LogP contribution in [0.25, 0.3) is 0 Å². The van der Waals surface area contributed by atoms with Gasteiger partial charge in [0.25, 0.3) is 0 Å². The van der Waals surface area contributed by atoms with Crippen LogP contribution < -0.4 is 15.2 Å². The number of carbonyl (C=O) groups is 1. The molecule has 0 saturated heterocycles. The maximum absolute atomic E-state index is 10.8. The molecular weight excluding hydrogens is 282 g/mol. The fraction of sp³-hybridized carbons (Fsp3) is 0.235. The van der Waals surface area contributed by atoms with Gasteiger partial charge in [0.2, 0.25) is 0 Å². The van der Waals surface area contributed by atoms with Crippen molar-refractivity contribution in [3.05, 3.63) is 59.7 Å². The number of rotatable bonds is 7. The molecule has 22 heavy (non-hydrogen) atoms. The number of carboxylic acid groups (broad SMARTS) is 1. The maximum atomic E-state index is 10.8. The highest BCUT2D eigenvalue weighted by atomic mass is 16.5. The van der Waals surface area contributed by atoms with Crippen molar-refractivity contribution >= 4 is 5.97 Å². The van der Waals surface area contributed by atoms with E-state index in [9.17, 15) is 4.79 Å². The van der Waals surface area contributed by atoms with Crippen LogP contribution in [-0.4, -0.2) is 18.2 Å². The molecule has 0 aliphatic heterocycles. The molecule has 0 aromatic heterocycles. The minimum Gasteiger partial charge on any atom is -0.493 e. The van der Waals surface area contributed by atoms with Gasteiger partial charge in [-0.3, -0.25) is 4.79 Å². The molecule has 5 heteroatoms. The summed E-state index contributed by atoms with van der Waals surface area (Å²) in [5, 5.41) is 8.83. The van der Waals surface area contributed by atoms with Crippen molar-refractivity contribution in [1.82, 2.24) is 0 Å². The molecule has 0 aliphatic carbocycles. The van der Waals surface area contributed by atoms with Crippen molar-refractivity contribution < 1.29 is 19.4 Å². The average Bonchev–Trinajstić information content (AvgIpc) is 2.53. The molecule has 2 aromatic rings. The van der Waals surface area contributed by atoms with Gasteiger partial charge in [-0.1, -0.05) is 36.4 Å². The molecule has 0 heterocycles. The van der Waals surface area contributed by atoms with E-state index in [2.05, 4.69) is 0 Å². The number of carboxylic acids is 1. The van der Waals surface area contributed by atoms with E-state index in [-0.39, 0.29) is 6.42 Å². The number of ether oxygens (including phenoxy) is 2. The van der Waals surface area contributed by atoms with Gasteiger partial charge in [-0.25, -0.2) is 0 Å². The highest BCUT2D eigenvalue weighted by molar-refractivity contribution is 5.68. The lowest BCUT2D eigenvalue weighted by molar-refractivity contribution is -0.137. The second-order valence-corrected chi connectivity index (χ2v) is 4.89. The quantitative estimate of drug-likeness (QED) is 0.821. The number of aliphatic carboxylic acids is 1. The summed E-state index contributed by atoms with van der Waals surface area (Å²) in [7, 11) is 1.56. The molecule has 0 saturated carbocycles. The summed E-state index contributed by atoms with van der Waals surface area (Å²) in [5.41, 5.74) is 7.62. The van der Waals surface area contributed by atoms with Crippen molar-refractivity contribution in [2.75, 3.05) is 7.11 Å². The Bertz CT molecular complexity index is 628. The molecule has 116 valence electrons. The van der Waals surface area contributed by atoms with Crippen LogP contribution in [0, 0.1) is 0 Å². The Morgan fingerprint density at radius 3 is 2.55 bits per heavy atom. The lowest BCUT2D eigenvalue weighted by atomic mass is 10.0.